The topological polar surface area (TPSA) is 26.3 Å². The van der Waals surface area contributed by atoms with E-state index in [4.69, 9.17) is 4.74 Å². The number of carbonyl (C=O) groups excluding carboxylic acids is 1. The molecule has 0 saturated heterocycles. The molecular formula is C8H14O2. The maximum Gasteiger partial charge on any atom is 0.302 e. The van der Waals surface area contributed by atoms with Crippen molar-refractivity contribution in [1.82, 2.24) is 0 Å². The Balaban J connectivity index is 2.00. The fraction of sp³-hybridized carbons (Fsp3) is 0.875. The maximum atomic E-state index is 10.3. The summed E-state index contributed by atoms with van der Waals surface area (Å²) in [4.78, 5) is 10.3. The molecule has 0 aromatic carbocycles. The van der Waals surface area contributed by atoms with Crippen LogP contribution in [0.15, 0.2) is 0 Å². The van der Waals surface area contributed by atoms with Crippen LogP contribution in [0.2, 0.25) is 0 Å². The van der Waals surface area contributed by atoms with Gasteiger partial charge >= 0.3 is 5.97 Å². The van der Waals surface area contributed by atoms with Gasteiger partial charge in [-0.3, -0.25) is 4.79 Å². The molecule has 0 N–H and O–H groups in total. The second-order valence-electron chi connectivity index (χ2n) is 3.40. The first-order valence-corrected chi connectivity index (χ1v) is 3.76. The smallest absolute Gasteiger partial charge is 0.302 e. The Morgan fingerprint density at radius 1 is 1.60 bits per heavy atom. The molecule has 1 rings (SSSR count). The summed E-state index contributed by atoms with van der Waals surface area (Å²) in [7, 11) is 0. The Bertz CT molecular complexity index is 136. The number of hydrogen-bond acceptors (Lipinski definition) is 2. The number of hydrogen-bond donors (Lipinski definition) is 0. The second-order valence-corrected chi connectivity index (χ2v) is 3.40. The number of esters is 1. The minimum absolute atomic E-state index is 0.163. The number of rotatable bonds is 3. The predicted molar refractivity (Wildman–Crippen MR) is 38.6 cm³/mol. The van der Waals surface area contributed by atoms with Crippen LogP contribution in [0.25, 0.3) is 0 Å². The van der Waals surface area contributed by atoms with Crippen LogP contribution < -0.4 is 0 Å². The third-order valence-electron chi connectivity index (χ3n) is 2.11. The van der Waals surface area contributed by atoms with Crippen molar-refractivity contribution >= 4 is 5.97 Å². The van der Waals surface area contributed by atoms with Crippen molar-refractivity contribution < 1.29 is 9.53 Å². The summed E-state index contributed by atoms with van der Waals surface area (Å²) in [5.74, 6) is -0.163. The zero-order chi connectivity index (χ0) is 7.61. The SMILES string of the molecule is CC(=O)OCCC1(C)CC1. The standard InChI is InChI=1S/C8H14O2/c1-7(9)10-6-5-8(2)3-4-8/h3-6H2,1-2H3. The van der Waals surface area contributed by atoms with E-state index in [2.05, 4.69) is 6.92 Å². The van der Waals surface area contributed by atoms with Crippen LogP contribution in [0.5, 0.6) is 0 Å². The molecule has 58 valence electrons. The Morgan fingerprint density at radius 2 is 2.20 bits per heavy atom. The molecule has 0 atom stereocenters. The zero-order valence-corrected chi connectivity index (χ0v) is 6.64. The first-order chi connectivity index (χ1) is 4.62. The summed E-state index contributed by atoms with van der Waals surface area (Å²) < 4.78 is 4.82. The third kappa shape index (κ3) is 2.38. The van der Waals surface area contributed by atoms with Crippen LogP contribution in [0.1, 0.15) is 33.1 Å². The molecule has 0 unspecified atom stereocenters. The second kappa shape index (κ2) is 2.60. The highest BCUT2D eigenvalue weighted by molar-refractivity contribution is 5.65. The molecule has 1 fully saturated rings. The Kier molecular flexibility index (Phi) is 1.97. The molecular weight excluding hydrogens is 128 g/mol. The van der Waals surface area contributed by atoms with E-state index < -0.39 is 0 Å². The highest BCUT2D eigenvalue weighted by atomic mass is 16.5. The van der Waals surface area contributed by atoms with E-state index in [0.717, 1.165) is 6.42 Å². The maximum absolute atomic E-state index is 10.3. The molecule has 0 amide bonds. The van der Waals surface area contributed by atoms with E-state index in [1.54, 1.807) is 0 Å². The van der Waals surface area contributed by atoms with Gasteiger partial charge in [-0.2, -0.15) is 0 Å². The van der Waals surface area contributed by atoms with Crippen LogP contribution in [-0.4, -0.2) is 12.6 Å². The van der Waals surface area contributed by atoms with Gasteiger partial charge in [-0.15, -0.1) is 0 Å². The summed E-state index contributed by atoms with van der Waals surface area (Å²) >= 11 is 0. The molecule has 0 heterocycles. The molecule has 0 spiro atoms. The Labute approximate surface area is 61.6 Å². The van der Waals surface area contributed by atoms with E-state index in [0.29, 0.717) is 12.0 Å². The molecule has 10 heavy (non-hydrogen) atoms. The van der Waals surface area contributed by atoms with Crippen molar-refractivity contribution in [2.45, 2.75) is 33.1 Å². The molecule has 0 aliphatic heterocycles. The van der Waals surface area contributed by atoms with Crippen molar-refractivity contribution in [1.29, 1.82) is 0 Å². The van der Waals surface area contributed by atoms with Crippen molar-refractivity contribution in [2.24, 2.45) is 5.41 Å². The fourth-order valence-electron chi connectivity index (χ4n) is 0.905. The summed E-state index contributed by atoms with van der Waals surface area (Å²) in [6, 6.07) is 0. The molecule has 1 aliphatic rings. The van der Waals surface area contributed by atoms with E-state index in [1.165, 1.54) is 19.8 Å². The van der Waals surface area contributed by atoms with Gasteiger partial charge in [0.25, 0.3) is 0 Å². The van der Waals surface area contributed by atoms with Crippen LogP contribution in [0, 0.1) is 5.41 Å². The third-order valence-corrected chi connectivity index (χ3v) is 2.11. The highest BCUT2D eigenvalue weighted by Gasteiger charge is 2.36. The number of ether oxygens (including phenoxy) is 1. The Hall–Kier alpha value is -0.530. The average Bonchev–Trinajstić information content (AvgIpc) is 2.47. The van der Waals surface area contributed by atoms with Crippen LogP contribution in [0.3, 0.4) is 0 Å². The van der Waals surface area contributed by atoms with Crippen LogP contribution >= 0.6 is 0 Å². The lowest BCUT2D eigenvalue weighted by Crippen LogP contribution is -2.05. The fourth-order valence-corrected chi connectivity index (χ4v) is 0.905. The molecule has 0 aromatic heterocycles. The van der Waals surface area contributed by atoms with Crippen LogP contribution in [-0.2, 0) is 9.53 Å². The summed E-state index contributed by atoms with van der Waals surface area (Å²) in [6.45, 7) is 4.29. The van der Waals surface area contributed by atoms with Gasteiger partial charge in [0.2, 0.25) is 0 Å². The first-order valence-electron chi connectivity index (χ1n) is 3.76. The first kappa shape index (κ1) is 7.58. The lowest BCUT2D eigenvalue weighted by molar-refractivity contribution is -0.141. The normalized spacial score (nSPS) is 20.2. The van der Waals surface area contributed by atoms with Crippen molar-refractivity contribution in [3.05, 3.63) is 0 Å². The predicted octanol–water partition coefficient (Wildman–Crippen LogP) is 1.74. The lowest BCUT2D eigenvalue weighted by Gasteiger charge is -2.06. The van der Waals surface area contributed by atoms with E-state index in [1.807, 2.05) is 0 Å². The minimum Gasteiger partial charge on any atom is -0.466 e. The molecule has 1 aliphatic carbocycles. The van der Waals surface area contributed by atoms with E-state index in [-0.39, 0.29) is 5.97 Å². The molecule has 0 aromatic rings. The molecule has 0 bridgehead atoms. The highest BCUT2D eigenvalue weighted by Crippen LogP contribution is 2.47. The van der Waals surface area contributed by atoms with Gasteiger partial charge in [0.05, 0.1) is 6.61 Å². The van der Waals surface area contributed by atoms with Gasteiger partial charge in [0.15, 0.2) is 0 Å². The molecule has 1 saturated carbocycles. The van der Waals surface area contributed by atoms with E-state index >= 15 is 0 Å². The molecule has 2 heteroatoms. The van der Waals surface area contributed by atoms with Gasteiger partial charge in [-0.1, -0.05) is 6.92 Å². The minimum atomic E-state index is -0.163. The van der Waals surface area contributed by atoms with Gasteiger partial charge in [0, 0.05) is 6.92 Å². The lowest BCUT2D eigenvalue weighted by atomic mass is 10.1. The van der Waals surface area contributed by atoms with Crippen LogP contribution in [0.4, 0.5) is 0 Å². The number of carbonyl (C=O) groups is 1. The quantitative estimate of drug-likeness (QED) is 0.561. The van der Waals surface area contributed by atoms with Gasteiger partial charge in [-0.05, 0) is 24.7 Å². The average molecular weight is 142 g/mol. The van der Waals surface area contributed by atoms with Gasteiger partial charge < -0.3 is 4.74 Å². The largest absolute Gasteiger partial charge is 0.466 e. The van der Waals surface area contributed by atoms with Crippen molar-refractivity contribution in [2.75, 3.05) is 6.61 Å². The van der Waals surface area contributed by atoms with Gasteiger partial charge in [0.1, 0.15) is 0 Å². The van der Waals surface area contributed by atoms with E-state index in [9.17, 15) is 4.79 Å². The van der Waals surface area contributed by atoms with Gasteiger partial charge in [-0.25, -0.2) is 0 Å². The molecule has 0 radical (unpaired) electrons. The molecule has 2 nitrogen and oxygen atoms in total. The summed E-state index contributed by atoms with van der Waals surface area (Å²) in [6.07, 6.45) is 3.63. The van der Waals surface area contributed by atoms with Crippen molar-refractivity contribution in [3.8, 4) is 0 Å². The zero-order valence-electron chi connectivity index (χ0n) is 6.64. The monoisotopic (exact) mass is 142 g/mol. The Morgan fingerprint density at radius 3 is 2.60 bits per heavy atom. The summed E-state index contributed by atoms with van der Waals surface area (Å²) in [5.41, 5.74) is 0.509. The summed E-state index contributed by atoms with van der Waals surface area (Å²) in [5, 5.41) is 0. The van der Waals surface area contributed by atoms with Crippen molar-refractivity contribution in [3.63, 3.8) is 0 Å².